The van der Waals surface area contributed by atoms with Crippen molar-refractivity contribution in [2.45, 2.75) is 32.6 Å². The topological polar surface area (TPSA) is 21.3 Å². The Hall–Kier alpha value is -0.670. The molecule has 1 aliphatic rings. The van der Waals surface area contributed by atoms with Crippen molar-refractivity contribution < 1.29 is 4.74 Å². The fourth-order valence-corrected chi connectivity index (χ4v) is 3.80. The molecule has 1 heterocycles. The van der Waals surface area contributed by atoms with Gasteiger partial charge in [-0.2, -0.15) is 11.8 Å². The standard InChI is InChI=1S/C15H23NOS/c1-4-16-15-11(3)9-18-10-13-12(15)7-6-8-14(13)17-5-2/h6-8,11,15-16H,4-5,9-10H2,1-3H3. The Labute approximate surface area is 114 Å². The molecule has 0 aromatic heterocycles. The molecule has 0 spiro atoms. The number of rotatable bonds is 4. The van der Waals surface area contributed by atoms with Gasteiger partial charge in [0.25, 0.3) is 0 Å². The van der Waals surface area contributed by atoms with Crippen LogP contribution in [0.25, 0.3) is 0 Å². The zero-order valence-corrected chi connectivity index (χ0v) is 12.3. The second kappa shape index (κ2) is 6.48. The lowest BCUT2D eigenvalue weighted by atomic mass is 9.92. The summed E-state index contributed by atoms with van der Waals surface area (Å²) in [6, 6.07) is 6.94. The molecule has 1 N–H and O–H groups in total. The lowest BCUT2D eigenvalue weighted by molar-refractivity contribution is 0.335. The molecule has 0 saturated carbocycles. The zero-order chi connectivity index (χ0) is 13.0. The Bertz CT molecular complexity index is 394. The van der Waals surface area contributed by atoms with Crippen LogP contribution in [0.15, 0.2) is 18.2 Å². The molecule has 1 aliphatic heterocycles. The molecule has 0 fully saturated rings. The molecule has 0 aliphatic carbocycles. The maximum Gasteiger partial charge on any atom is 0.123 e. The van der Waals surface area contributed by atoms with Gasteiger partial charge in [-0.25, -0.2) is 0 Å². The Morgan fingerprint density at radius 2 is 2.22 bits per heavy atom. The van der Waals surface area contributed by atoms with E-state index in [1.165, 1.54) is 16.9 Å². The van der Waals surface area contributed by atoms with Gasteiger partial charge >= 0.3 is 0 Å². The molecule has 2 unspecified atom stereocenters. The van der Waals surface area contributed by atoms with Crippen molar-refractivity contribution >= 4 is 11.8 Å². The molecule has 18 heavy (non-hydrogen) atoms. The van der Waals surface area contributed by atoms with E-state index in [4.69, 9.17) is 4.74 Å². The van der Waals surface area contributed by atoms with Gasteiger partial charge in [0.05, 0.1) is 6.61 Å². The number of hydrogen-bond acceptors (Lipinski definition) is 3. The van der Waals surface area contributed by atoms with E-state index in [1.54, 1.807) is 0 Å². The van der Waals surface area contributed by atoms with E-state index in [9.17, 15) is 0 Å². The van der Waals surface area contributed by atoms with Gasteiger partial charge in [-0.3, -0.25) is 0 Å². The first-order chi connectivity index (χ1) is 8.77. The van der Waals surface area contributed by atoms with Gasteiger partial charge in [0.2, 0.25) is 0 Å². The molecule has 2 atom stereocenters. The van der Waals surface area contributed by atoms with Crippen LogP contribution in [-0.4, -0.2) is 18.9 Å². The second-order valence-corrected chi connectivity index (χ2v) is 5.81. The summed E-state index contributed by atoms with van der Waals surface area (Å²) in [4.78, 5) is 0. The van der Waals surface area contributed by atoms with Crippen molar-refractivity contribution in [3.8, 4) is 5.75 Å². The van der Waals surface area contributed by atoms with Crippen molar-refractivity contribution in [3.05, 3.63) is 29.3 Å². The first-order valence-corrected chi connectivity index (χ1v) is 7.99. The van der Waals surface area contributed by atoms with Gasteiger partial charge in [0.15, 0.2) is 0 Å². The normalized spacial score (nSPS) is 23.3. The molecule has 1 aromatic rings. The average Bonchev–Trinajstić information content (AvgIpc) is 2.52. The summed E-state index contributed by atoms with van der Waals surface area (Å²) in [7, 11) is 0. The van der Waals surface area contributed by atoms with E-state index < -0.39 is 0 Å². The summed E-state index contributed by atoms with van der Waals surface area (Å²) in [5.41, 5.74) is 2.82. The third-order valence-electron chi connectivity index (χ3n) is 3.42. The van der Waals surface area contributed by atoms with Crippen LogP contribution in [0.1, 0.15) is 37.9 Å². The monoisotopic (exact) mass is 265 g/mol. The van der Waals surface area contributed by atoms with Crippen molar-refractivity contribution in [2.75, 3.05) is 18.9 Å². The van der Waals surface area contributed by atoms with E-state index in [-0.39, 0.29) is 0 Å². The van der Waals surface area contributed by atoms with Crippen LogP contribution < -0.4 is 10.1 Å². The first-order valence-electron chi connectivity index (χ1n) is 6.83. The second-order valence-electron chi connectivity index (χ2n) is 4.78. The quantitative estimate of drug-likeness (QED) is 0.898. The zero-order valence-electron chi connectivity index (χ0n) is 11.5. The smallest absolute Gasteiger partial charge is 0.123 e. The maximum absolute atomic E-state index is 5.78. The Balaban J connectivity index is 2.39. The predicted octanol–water partition coefficient (Wildman–Crippen LogP) is 3.62. The minimum Gasteiger partial charge on any atom is -0.494 e. The molecular formula is C15H23NOS. The van der Waals surface area contributed by atoms with Crippen LogP contribution in [0, 0.1) is 5.92 Å². The number of hydrogen-bond donors (Lipinski definition) is 1. The maximum atomic E-state index is 5.78. The first kappa shape index (κ1) is 13.8. The summed E-state index contributed by atoms with van der Waals surface area (Å²) in [5.74, 6) is 4.00. The fourth-order valence-electron chi connectivity index (χ4n) is 2.60. The summed E-state index contributed by atoms with van der Waals surface area (Å²) < 4.78 is 5.78. The van der Waals surface area contributed by atoms with Gasteiger partial charge in [-0.1, -0.05) is 26.0 Å². The van der Waals surface area contributed by atoms with Gasteiger partial charge in [0.1, 0.15) is 5.75 Å². The van der Waals surface area contributed by atoms with Gasteiger partial charge < -0.3 is 10.1 Å². The van der Waals surface area contributed by atoms with Crippen molar-refractivity contribution in [2.24, 2.45) is 5.92 Å². The fraction of sp³-hybridized carbons (Fsp3) is 0.600. The van der Waals surface area contributed by atoms with Gasteiger partial charge in [-0.05, 0) is 36.8 Å². The number of thioether (sulfide) groups is 1. The molecule has 0 bridgehead atoms. The number of nitrogens with one attached hydrogen (secondary N) is 1. The highest BCUT2D eigenvalue weighted by molar-refractivity contribution is 7.98. The summed E-state index contributed by atoms with van der Waals surface area (Å²) in [5, 5.41) is 3.63. The highest BCUT2D eigenvalue weighted by Gasteiger charge is 2.26. The van der Waals surface area contributed by atoms with Crippen LogP contribution in [0.4, 0.5) is 0 Å². The predicted molar refractivity (Wildman–Crippen MR) is 79.4 cm³/mol. The van der Waals surface area contributed by atoms with E-state index in [1.807, 2.05) is 18.7 Å². The molecule has 0 saturated heterocycles. The van der Waals surface area contributed by atoms with E-state index in [0.29, 0.717) is 12.0 Å². The molecule has 100 valence electrons. The Morgan fingerprint density at radius 3 is 2.94 bits per heavy atom. The average molecular weight is 265 g/mol. The Kier molecular flexibility index (Phi) is 4.95. The minimum atomic E-state index is 0.459. The van der Waals surface area contributed by atoms with Crippen LogP contribution in [0.5, 0.6) is 5.75 Å². The summed E-state index contributed by atoms with van der Waals surface area (Å²) in [6.07, 6.45) is 0. The summed E-state index contributed by atoms with van der Waals surface area (Å²) >= 11 is 2.02. The molecule has 1 aromatic carbocycles. The van der Waals surface area contributed by atoms with E-state index in [2.05, 4.69) is 37.4 Å². The SMILES string of the molecule is CCNC1c2cccc(OCC)c2CSCC1C. The van der Waals surface area contributed by atoms with E-state index >= 15 is 0 Å². The van der Waals surface area contributed by atoms with Crippen LogP contribution in [0.3, 0.4) is 0 Å². The molecule has 2 rings (SSSR count). The Morgan fingerprint density at radius 1 is 1.39 bits per heavy atom. The molecule has 0 amide bonds. The van der Waals surface area contributed by atoms with Crippen LogP contribution >= 0.6 is 11.8 Å². The molecule has 2 nitrogen and oxygen atoms in total. The number of benzene rings is 1. The third kappa shape index (κ3) is 2.83. The number of fused-ring (bicyclic) bond motifs is 1. The lowest BCUT2D eigenvalue weighted by Crippen LogP contribution is -2.27. The van der Waals surface area contributed by atoms with Gasteiger partial charge in [-0.15, -0.1) is 0 Å². The highest BCUT2D eigenvalue weighted by atomic mass is 32.2. The molecule has 3 heteroatoms. The van der Waals surface area contributed by atoms with Crippen LogP contribution in [0.2, 0.25) is 0 Å². The van der Waals surface area contributed by atoms with Crippen molar-refractivity contribution in [1.29, 1.82) is 0 Å². The highest BCUT2D eigenvalue weighted by Crippen LogP contribution is 2.38. The van der Waals surface area contributed by atoms with Crippen molar-refractivity contribution in [3.63, 3.8) is 0 Å². The minimum absolute atomic E-state index is 0.459. The van der Waals surface area contributed by atoms with Crippen LogP contribution in [-0.2, 0) is 5.75 Å². The third-order valence-corrected chi connectivity index (χ3v) is 4.68. The van der Waals surface area contributed by atoms with E-state index in [0.717, 1.165) is 24.7 Å². The lowest BCUT2D eigenvalue weighted by Gasteiger charge is -2.24. The largest absolute Gasteiger partial charge is 0.494 e. The number of ether oxygens (including phenoxy) is 1. The summed E-state index contributed by atoms with van der Waals surface area (Å²) in [6.45, 7) is 8.31. The molecular weight excluding hydrogens is 242 g/mol. The van der Waals surface area contributed by atoms with Crippen molar-refractivity contribution in [1.82, 2.24) is 5.32 Å². The van der Waals surface area contributed by atoms with Gasteiger partial charge in [0, 0.05) is 17.4 Å². The molecule has 0 radical (unpaired) electrons.